The maximum Gasteiger partial charge on any atom is 0.124 e. The van der Waals surface area contributed by atoms with E-state index in [0.717, 1.165) is 5.69 Å². The van der Waals surface area contributed by atoms with E-state index in [1.54, 1.807) is 16.9 Å². The molecule has 0 amide bonds. The minimum Gasteiger partial charge on any atom is -0.384 e. The molecule has 14 heavy (non-hydrogen) atoms. The van der Waals surface area contributed by atoms with Crippen molar-refractivity contribution in [3.8, 4) is 5.69 Å². The van der Waals surface area contributed by atoms with E-state index in [2.05, 4.69) is 5.10 Å². The van der Waals surface area contributed by atoms with Gasteiger partial charge in [-0.05, 0) is 18.2 Å². The number of nitrogens with one attached hydrogen (secondary N) is 1. The third kappa shape index (κ3) is 1.37. The lowest BCUT2D eigenvalue weighted by molar-refractivity contribution is 0.878. The van der Waals surface area contributed by atoms with Gasteiger partial charge in [-0.2, -0.15) is 5.10 Å². The highest BCUT2D eigenvalue weighted by Gasteiger charge is 2.05. The number of nitrogen functional groups attached to an aromatic ring is 1. The molecule has 0 spiro atoms. The minimum absolute atomic E-state index is 0.0519. The summed E-state index contributed by atoms with van der Waals surface area (Å²) >= 11 is 0. The van der Waals surface area contributed by atoms with Gasteiger partial charge in [0.05, 0.1) is 5.69 Å². The Hall–Kier alpha value is -2.10. The zero-order valence-electron chi connectivity index (χ0n) is 7.51. The van der Waals surface area contributed by atoms with Crippen LogP contribution in [0, 0.1) is 5.41 Å². The second-order valence-electron chi connectivity index (χ2n) is 2.88. The highest BCUT2D eigenvalue weighted by Crippen LogP contribution is 2.12. The Morgan fingerprint density at radius 2 is 2.07 bits per heavy atom. The Bertz CT molecular complexity index is 445. The fourth-order valence-electron chi connectivity index (χ4n) is 1.31. The molecule has 1 aromatic carbocycles. The van der Waals surface area contributed by atoms with Gasteiger partial charge in [0.25, 0.3) is 0 Å². The van der Waals surface area contributed by atoms with Crippen LogP contribution < -0.4 is 5.73 Å². The van der Waals surface area contributed by atoms with Crippen molar-refractivity contribution in [3.63, 3.8) is 0 Å². The molecule has 1 heterocycles. The van der Waals surface area contributed by atoms with Crippen molar-refractivity contribution in [1.29, 1.82) is 5.41 Å². The molecule has 0 unspecified atom stereocenters. The van der Waals surface area contributed by atoms with Gasteiger partial charge in [-0.3, -0.25) is 5.41 Å². The molecule has 70 valence electrons. The van der Waals surface area contributed by atoms with E-state index in [1.165, 1.54) is 0 Å². The van der Waals surface area contributed by atoms with Crippen molar-refractivity contribution in [2.75, 3.05) is 0 Å². The van der Waals surface area contributed by atoms with Crippen molar-refractivity contribution >= 4 is 5.84 Å². The second kappa shape index (κ2) is 3.33. The first-order chi connectivity index (χ1) is 6.79. The summed E-state index contributed by atoms with van der Waals surface area (Å²) in [5.74, 6) is 0.0519. The van der Waals surface area contributed by atoms with Crippen molar-refractivity contribution in [2.45, 2.75) is 0 Å². The van der Waals surface area contributed by atoms with Crippen LogP contribution in [0.3, 0.4) is 0 Å². The monoisotopic (exact) mass is 186 g/mol. The molecule has 0 aliphatic rings. The summed E-state index contributed by atoms with van der Waals surface area (Å²) in [6.45, 7) is 0. The van der Waals surface area contributed by atoms with Gasteiger partial charge in [0.15, 0.2) is 0 Å². The number of hydrogen-bond donors (Lipinski definition) is 2. The maximum atomic E-state index is 7.42. The molecule has 2 aromatic rings. The van der Waals surface area contributed by atoms with Crippen LogP contribution in [-0.4, -0.2) is 15.6 Å². The number of hydrogen-bond acceptors (Lipinski definition) is 2. The van der Waals surface area contributed by atoms with Crippen molar-refractivity contribution in [1.82, 2.24) is 9.78 Å². The lowest BCUT2D eigenvalue weighted by Crippen LogP contribution is -2.14. The molecular formula is C10H10N4. The first-order valence-corrected chi connectivity index (χ1v) is 4.22. The summed E-state index contributed by atoms with van der Waals surface area (Å²) in [5, 5.41) is 11.5. The van der Waals surface area contributed by atoms with Gasteiger partial charge in [-0.25, -0.2) is 4.68 Å². The van der Waals surface area contributed by atoms with Crippen molar-refractivity contribution in [2.24, 2.45) is 5.73 Å². The molecule has 0 bridgehead atoms. The van der Waals surface area contributed by atoms with Crippen LogP contribution in [0.1, 0.15) is 5.56 Å². The smallest absolute Gasteiger partial charge is 0.124 e. The summed E-state index contributed by atoms with van der Waals surface area (Å²) in [7, 11) is 0. The molecule has 1 aromatic heterocycles. The van der Waals surface area contributed by atoms with E-state index in [9.17, 15) is 0 Å². The summed E-state index contributed by atoms with van der Waals surface area (Å²) in [6, 6.07) is 9.26. The molecule has 2 rings (SSSR count). The molecule has 4 nitrogen and oxygen atoms in total. The van der Waals surface area contributed by atoms with E-state index in [-0.39, 0.29) is 5.84 Å². The Morgan fingerprint density at radius 3 is 2.71 bits per heavy atom. The maximum absolute atomic E-state index is 7.42. The lowest BCUT2D eigenvalue weighted by Gasteiger charge is -2.06. The molecule has 0 atom stereocenters. The average Bonchev–Trinajstić information content (AvgIpc) is 2.70. The number of amidine groups is 1. The number of rotatable bonds is 2. The lowest BCUT2D eigenvalue weighted by atomic mass is 10.1. The zero-order valence-corrected chi connectivity index (χ0v) is 7.51. The molecule has 0 radical (unpaired) electrons. The Labute approximate surface area is 81.5 Å². The van der Waals surface area contributed by atoms with Crippen LogP contribution in [0.2, 0.25) is 0 Å². The topological polar surface area (TPSA) is 67.7 Å². The molecule has 3 N–H and O–H groups in total. The first kappa shape index (κ1) is 8.50. The van der Waals surface area contributed by atoms with Gasteiger partial charge in [-0.15, -0.1) is 0 Å². The number of aromatic nitrogens is 2. The SMILES string of the molecule is N=C(N)c1ccccc1-n1cccn1. The fourth-order valence-corrected chi connectivity index (χ4v) is 1.31. The Balaban J connectivity index is 2.58. The number of nitrogens with two attached hydrogens (primary N) is 1. The van der Waals surface area contributed by atoms with Crippen LogP contribution in [0.5, 0.6) is 0 Å². The van der Waals surface area contributed by atoms with Crippen LogP contribution in [0.4, 0.5) is 0 Å². The normalized spacial score (nSPS) is 10.0. The Kier molecular flexibility index (Phi) is 2.02. The van der Waals surface area contributed by atoms with Crippen molar-refractivity contribution in [3.05, 3.63) is 48.3 Å². The van der Waals surface area contributed by atoms with Crippen molar-refractivity contribution < 1.29 is 0 Å². The van der Waals surface area contributed by atoms with Gasteiger partial charge in [0.2, 0.25) is 0 Å². The van der Waals surface area contributed by atoms with E-state index in [4.69, 9.17) is 11.1 Å². The van der Waals surface area contributed by atoms with Crippen LogP contribution in [-0.2, 0) is 0 Å². The molecule has 0 aliphatic heterocycles. The van der Waals surface area contributed by atoms with Gasteiger partial charge in [0.1, 0.15) is 5.84 Å². The first-order valence-electron chi connectivity index (χ1n) is 4.22. The number of para-hydroxylation sites is 1. The third-order valence-electron chi connectivity index (χ3n) is 1.95. The number of nitrogens with zero attached hydrogens (tertiary/aromatic N) is 2. The fraction of sp³-hybridized carbons (Fsp3) is 0. The molecule has 0 saturated carbocycles. The van der Waals surface area contributed by atoms with E-state index in [0.29, 0.717) is 5.56 Å². The predicted molar refractivity (Wildman–Crippen MR) is 54.6 cm³/mol. The highest BCUT2D eigenvalue weighted by molar-refractivity contribution is 5.98. The van der Waals surface area contributed by atoms with E-state index < -0.39 is 0 Å². The number of benzene rings is 1. The van der Waals surface area contributed by atoms with E-state index in [1.807, 2.05) is 30.5 Å². The molecule has 4 heteroatoms. The van der Waals surface area contributed by atoms with E-state index >= 15 is 0 Å². The molecule has 0 saturated heterocycles. The molecule has 0 fully saturated rings. The van der Waals surface area contributed by atoms with Crippen LogP contribution in [0.25, 0.3) is 5.69 Å². The summed E-state index contributed by atoms with van der Waals surface area (Å²) in [6.07, 6.45) is 3.51. The van der Waals surface area contributed by atoms with Crippen LogP contribution >= 0.6 is 0 Å². The highest BCUT2D eigenvalue weighted by atomic mass is 15.3. The zero-order chi connectivity index (χ0) is 9.97. The standard InChI is InChI=1S/C10H10N4/c11-10(12)8-4-1-2-5-9(8)14-7-3-6-13-14/h1-7H,(H3,11,12). The molecular weight excluding hydrogens is 176 g/mol. The average molecular weight is 186 g/mol. The van der Waals surface area contributed by atoms with Gasteiger partial charge in [0, 0.05) is 18.0 Å². The Morgan fingerprint density at radius 1 is 1.29 bits per heavy atom. The largest absolute Gasteiger partial charge is 0.384 e. The summed E-state index contributed by atoms with van der Waals surface area (Å²) in [5.41, 5.74) is 6.98. The van der Waals surface area contributed by atoms with Gasteiger partial charge >= 0.3 is 0 Å². The van der Waals surface area contributed by atoms with Gasteiger partial charge in [-0.1, -0.05) is 12.1 Å². The summed E-state index contributed by atoms with van der Waals surface area (Å²) < 4.78 is 1.69. The predicted octanol–water partition coefficient (Wildman–Crippen LogP) is 1.16. The van der Waals surface area contributed by atoms with Crippen LogP contribution in [0.15, 0.2) is 42.7 Å². The summed E-state index contributed by atoms with van der Waals surface area (Å²) in [4.78, 5) is 0. The minimum atomic E-state index is 0.0519. The molecule has 0 aliphatic carbocycles. The third-order valence-corrected chi connectivity index (χ3v) is 1.95. The van der Waals surface area contributed by atoms with Gasteiger partial charge < -0.3 is 5.73 Å². The quantitative estimate of drug-likeness (QED) is 0.545. The second-order valence-corrected chi connectivity index (χ2v) is 2.88.